The molecule has 0 bridgehead atoms. The van der Waals surface area contributed by atoms with Gasteiger partial charge in [0, 0.05) is 37.2 Å². The van der Waals surface area contributed by atoms with Crippen molar-refractivity contribution in [2.45, 2.75) is 12.5 Å². The van der Waals surface area contributed by atoms with Gasteiger partial charge in [-0.3, -0.25) is 4.90 Å². The van der Waals surface area contributed by atoms with Gasteiger partial charge >= 0.3 is 0 Å². The number of nitriles is 1. The molecule has 3 nitrogen and oxygen atoms in total. The first-order chi connectivity index (χ1) is 8.31. The van der Waals surface area contributed by atoms with Crippen LogP contribution in [0.2, 0.25) is 5.02 Å². The van der Waals surface area contributed by atoms with Crippen molar-refractivity contribution in [3.8, 4) is 6.07 Å². The average Bonchev–Trinajstić information content (AvgIpc) is 2.37. The van der Waals surface area contributed by atoms with Gasteiger partial charge in [0.2, 0.25) is 0 Å². The van der Waals surface area contributed by atoms with Crippen LogP contribution in [-0.4, -0.2) is 31.1 Å². The SMILES string of the molecule is Cl.Cl.N#CC[C@H](c1cccc(Cl)c1)N1CCNCC1. The molecule has 0 saturated carbocycles. The van der Waals surface area contributed by atoms with Crippen LogP contribution < -0.4 is 5.32 Å². The van der Waals surface area contributed by atoms with Crippen molar-refractivity contribution in [2.75, 3.05) is 26.2 Å². The number of nitrogens with one attached hydrogen (secondary N) is 1. The number of piperazine rings is 1. The van der Waals surface area contributed by atoms with Gasteiger partial charge in [-0.2, -0.15) is 5.26 Å². The maximum atomic E-state index is 8.97. The minimum absolute atomic E-state index is 0. The summed E-state index contributed by atoms with van der Waals surface area (Å²) in [5.74, 6) is 0. The Bertz CT molecular complexity index is 414. The lowest BCUT2D eigenvalue weighted by Crippen LogP contribution is -2.45. The smallest absolute Gasteiger partial charge is 0.0641 e. The molecular formula is C13H18Cl3N3. The Morgan fingerprint density at radius 1 is 1.32 bits per heavy atom. The highest BCUT2D eigenvalue weighted by Gasteiger charge is 2.21. The molecule has 0 spiro atoms. The predicted octanol–water partition coefficient (Wildman–Crippen LogP) is 3.04. The first-order valence-corrected chi connectivity index (χ1v) is 6.26. The van der Waals surface area contributed by atoms with Crippen molar-refractivity contribution >= 4 is 36.4 Å². The number of halogens is 3. The minimum atomic E-state index is 0. The molecule has 1 fully saturated rings. The first kappa shape index (κ1) is 18.5. The van der Waals surface area contributed by atoms with E-state index < -0.39 is 0 Å². The van der Waals surface area contributed by atoms with Crippen LogP contribution in [0.25, 0.3) is 0 Å². The van der Waals surface area contributed by atoms with E-state index in [-0.39, 0.29) is 30.9 Å². The van der Waals surface area contributed by atoms with Gasteiger partial charge < -0.3 is 5.32 Å². The molecule has 1 atom stereocenters. The van der Waals surface area contributed by atoms with Crippen LogP contribution in [0.3, 0.4) is 0 Å². The van der Waals surface area contributed by atoms with Crippen molar-refractivity contribution in [1.29, 1.82) is 5.26 Å². The van der Waals surface area contributed by atoms with Gasteiger partial charge in [-0.1, -0.05) is 23.7 Å². The van der Waals surface area contributed by atoms with Gasteiger partial charge in [0.25, 0.3) is 0 Å². The Morgan fingerprint density at radius 2 is 2.00 bits per heavy atom. The average molecular weight is 323 g/mol. The lowest BCUT2D eigenvalue weighted by molar-refractivity contribution is 0.175. The maximum Gasteiger partial charge on any atom is 0.0641 e. The van der Waals surface area contributed by atoms with Crippen LogP contribution in [0.15, 0.2) is 24.3 Å². The topological polar surface area (TPSA) is 39.1 Å². The van der Waals surface area contributed by atoms with Crippen LogP contribution >= 0.6 is 36.4 Å². The molecule has 19 heavy (non-hydrogen) atoms. The quantitative estimate of drug-likeness (QED) is 0.929. The van der Waals surface area contributed by atoms with E-state index in [1.165, 1.54) is 0 Å². The molecule has 106 valence electrons. The predicted molar refractivity (Wildman–Crippen MR) is 83.4 cm³/mol. The van der Waals surface area contributed by atoms with Crippen molar-refractivity contribution in [3.05, 3.63) is 34.9 Å². The summed E-state index contributed by atoms with van der Waals surface area (Å²) in [6.07, 6.45) is 0.514. The zero-order chi connectivity index (χ0) is 12.1. The van der Waals surface area contributed by atoms with E-state index in [0.29, 0.717) is 6.42 Å². The van der Waals surface area contributed by atoms with Crippen LogP contribution in [0.1, 0.15) is 18.0 Å². The Hall–Kier alpha value is -0.500. The number of hydrogen-bond donors (Lipinski definition) is 1. The largest absolute Gasteiger partial charge is 0.314 e. The molecule has 0 aromatic heterocycles. The summed E-state index contributed by atoms with van der Waals surface area (Å²) in [5, 5.41) is 13.0. The number of hydrogen-bond acceptors (Lipinski definition) is 3. The van der Waals surface area contributed by atoms with Gasteiger partial charge in [0.1, 0.15) is 0 Å². The Balaban J connectivity index is 0.00000162. The third kappa shape index (κ3) is 5.18. The summed E-state index contributed by atoms with van der Waals surface area (Å²) in [6, 6.07) is 10.3. The van der Waals surface area contributed by atoms with Crippen LogP contribution in [0.5, 0.6) is 0 Å². The van der Waals surface area contributed by atoms with Crippen LogP contribution in [0.4, 0.5) is 0 Å². The van der Waals surface area contributed by atoms with Crippen LogP contribution in [0, 0.1) is 11.3 Å². The molecule has 0 amide bonds. The Morgan fingerprint density at radius 3 is 2.58 bits per heavy atom. The number of rotatable bonds is 3. The molecule has 1 heterocycles. The second-order valence-corrected chi connectivity index (χ2v) is 4.66. The maximum absolute atomic E-state index is 8.97. The molecule has 0 aliphatic carbocycles. The summed E-state index contributed by atoms with van der Waals surface area (Å²) in [5.41, 5.74) is 1.14. The molecule has 1 saturated heterocycles. The fourth-order valence-electron chi connectivity index (χ4n) is 2.25. The summed E-state index contributed by atoms with van der Waals surface area (Å²) in [4.78, 5) is 2.35. The van der Waals surface area contributed by atoms with E-state index in [0.717, 1.165) is 36.8 Å². The van der Waals surface area contributed by atoms with E-state index in [2.05, 4.69) is 22.4 Å². The van der Waals surface area contributed by atoms with E-state index in [1.54, 1.807) is 0 Å². The molecule has 0 unspecified atom stereocenters. The number of nitrogens with zero attached hydrogens (tertiary/aromatic N) is 2. The fourth-order valence-corrected chi connectivity index (χ4v) is 2.45. The van der Waals surface area contributed by atoms with Crippen molar-refractivity contribution in [2.24, 2.45) is 0 Å². The third-order valence-electron chi connectivity index (χ3n) is 3.11. The molecule has 1 aliphatic rings. The van der Waals surface area contributed by atoms with Crippen molar-refractivity contribution in [3.63, 3.8) is 0 Å². The molecular weight excluding hydrogens is 305 g/mol. The van der Waals surface area contributed by atoms with Crippen molar-refractivity contribution < 1.29 is 0 Å². The Kier molecular flexibility index (Phi) is 9.16. The molecule has 1 aromatic carbocycles. The molecule has 1 N–H and O–H groups in total. The standard InChI is InChI=1S/C13H16ClN3.2ClH/c14-12-3-1-2-11(10-12)13(4-5-15)17-8-6-16-7-9-17;;/h1-3,10,13,16H,4,6-9H2;2*1H/t13-;;/m1../s1. The van der Waals surface area contributed by atoms with E-state index in [9.17, 15) is 0 Å². The molecule has 1 aliphatic heterocycles. The zero-order valence-corrected chi connectivity index (χ0v) is 12.9. The second kappa shape index (κ2) is 9.41. The molecule has 0 radical (unpaired) electrons. The van der Waals surface area contributed by atoms with Gasteiger partial charge in [-0.25, -0.2) is 0 Å². The number of benzene rings is 1. The van der Waals surface area contributed by atoms with Gasteiger partial charge in [-0.15, -0.1) is 24.8 Å². The third-order valence-corrected chi connectivity index (χ3v) is 3.35. The molecule has 1 aromatic rings. The zero-order valence-electron chi connectivity index (χ0n) is 10.5. The lowest BCUT2D eigenvalue weighted by atomic mass is 10.0. The monoisotopic (exact) mass is 321 g/mol. The van der Waals surface area contributed by atoms with Crippen LogP contribution in [-0.2, 0) is 0 Å². The highest BCUT2D eigenvalue weighted by Crippen LogP contribution is 2.26. The summed E-state index contributed by atoms with van der Waals surface area (Å²) in [7, 11) is 0. The highest BCUT2D eigenvalue weighted by molar-refractivity contribution is 6.30. The minimum Gasteiger partial charge on any atom is -0.314 e. The van der Waals surface area contributed by atoms with Gasteiger partial charge in [-0.05, 0) is 17.7 Å². The summed E-state index contributed by atoms with van der Waals surface area (Å²) in [6.45, 7) is 3.95. The van der Waals surface area contributed by atoms with Crippen molar-refractivity contribution in [1.82, 2.24) is 10.2 Å². The van der Waals surface area contributed by atoms with E-state index in [4.69, 9.17) is 16.9 Å². The van der Waals surface area contributed by atoms with Gasteiger partial charge in [0.05, 0.1) is 12.5 Å². The van der Waals surface area contributed by atoms with Gasteiger partial charge in [0.15, 0.2) is 0 Å². The molecule has 2 rings (SSSR count). The summed E-state index contributed by atoms with van der Waals surface area (Å²) < 4.78 is 0. The Labute approximate surface area is 131 Å². The van der Waals surface area contributed by atoms with E-state index in [1.807, 2.05) is 18.2 Å². The highest BCUT2D eigenvalue weighted by atomic mass is 35.5. The fraction of sp³-hybridized carbons (Fsp3) is 0.462. The van der Waals surface area contributed by atoms with E-state index >= 15 is 0 Å². The lowest BCUT2D eigenvalue weighted by Gasteiger charge is -2.34. The normalized spacial score (nSPS) is 16.6. The first-order valence-electron chi connectivity index (χ1n) is 5.88. The second-order valence-electron chi connectivity index (χ2n) is 4.22. The summed E-state index contributed by atoms with van der Waals surface area (Å²) >= 11 is 6.01. The molecule has 6 heteroatoms.